The maximum atomic E-state index is 5.16. The first-order valence-electron chi connectivity index (χ1n) is 21.1. The van der Waals surface area contributed by atoms with Gasteiger partial charge in [-0.2, -0.15) is 0 Å². The lowest BCUT2D eigenvalue weighted by Crippen LogP contribution is -1.96. The van der Waals surface area contributed by atoms with Gasteiger partial charge in [0.05, 0.1) is 33.5 Å². The van der Waals surface area contributed by atoms with E-state index in [9.17, 15) is 0 Å². The van der Waals surface area contributed by atoms with Crippen molar-refractivity contribution in [1.82, 2.24) is 19.1 Å². The van der Waals surface area contributed by atoms with Crippen molar-refractivity contribution in [1.29, 1.82) is 0 Å². The number of fused-ring (bicyclic) bond motifs is 6. The highest BCUT2D eigenvalue weighted by Gasteiger charge is 2.20. The van der Waals surface area contributed by atoms with Crippen molar-refractivity contribution in [2.45, 2.75) is 0 Å². The molecule has 0 saturated heterocycles. The fourth-order valence-electron chi connectivity index (χ4n) is 9.38. The molecule has 3 heterocycles. The van der Waals surface area contributed by atoms with E-state index >= 15 is 0 Å². The summed E-state index contributed by atoms with van der Waals surface area (Å²) in [4.78, 5) is 10.2. The van der Waals surface area contributed by atoms with Crippen molar-refractivity contribution in [2.75, 3.05) is 0 Å². The summed E-state index contributed by atoms with van der Waals surface area (Å²) in [6.07, 6.45) is 0. The van der Waals surface area contributed by atoms with Crippen LogP contribution in [0, 0.1) is 0 Å². The van der Waals surface area contributed by atoms with Crippen LogP contribution in [0.5, 0.6) is 0 Å². The van der Waals surface area contributed by atoms with E-state index in [1.807, 2.05) is 24.3 Å². The third-order valence-corrected chi connectivity index (χ3v) is 12.1. The highest BCUT2D eigenvalue weighted by Crippen LogP contribution is 2.42. The number of aromatic nitrogens is 4. The van der Waals surface area contributed by atoms with Crippen molar-refractivity contribution in [3.63, 3.8) is 0 Å². The Bertz CT molecular complexity index is 3560. The molecule has 0 unspecified atom stereocenters. The maximum absolute atomic E-state index is 5.16. The zero-order valence-corrected chi connectivity index (χ0v) is 33.7. The normalized spacial score (nSPS) is 11.5. The summed E-state index contributed by atoms with van der Waals surface area (Å²) in [6, 6.07) is 82.2. The molecule has 12 aromatic rings. The van der Waals surface area contributed by atoms with Crippen LogP contribution >= 0.6 is 0 Å². The van der Waals surface area contributed by atoms with Crippen molar-refractivity contribution in [3.05, 3.63) is 231 Å². The lowest BCUT2D eigenvalue weighted by atomic mass is 9.96. The van der Waals surface area contributed by atoms with Crippen LogP contribution in [0.25, 0.3) is 111 Å². The fraction of sp³-hybridized carbons (Fsp3) is 0. The Morgan fingerprint density at radius 2 is 0.694 bits per heavy atom. The van der Waals surface area contributed by atoms with Gasteiger partial charge in [-0.15, -0.1) is 0 Å². The molecule has 290 valence electrons. The van der Waals surface area contributed by atoms with E-state index < -0.39 is 0 Å². The van der Waals surface area contributed by atoms with Gasteiger partial charge < -0.3 is 9.13 Å². The Balaban J connectivity index is 1.01. The van der Waals surface area contributed by atoms with Crippen molar-refractivity contribution in [3.8, 4) is 67.5 Å². The van der Waals surface area contributed by atoms with Gasteiger partial charge in [0.1, 0.15) is 0 Å². The summed E-state index contributed by atoms with van der Waals surface area (Å²) < 4.78 is 4.81. The molecule has 12 rings (SSSR count). The summed E-state index contributed by atoms with van der Waals surface area (Å²) in [5, 5.41) is 4.92. The van der Waals surface area contributed by atoms with Crippen molar-refractivity contribution in [2.24, 2.45) is 0 Å². The third-order valence-electron chi connectivity index (χ3n) is 12.1. The first kappa shape index (κ1) is 35.6. The third kappa shape index (κ3) is 5.92. The Kier molecular flexibility index (Phi) is 8.46. The fourth-order valence-corrected chi connectivity index (χ4v) is 9.38. The first-order valence-corrected chi connectivity index (χ1v) is 21.1. The standard InChI is InChI=1S/C58H38N4/c1-4-18-39(19-5-1)50-38-51(60-58(59-50)40-20-6-2-7-21-40)43-24-14-22-41(36-43)46-30-16-35-55-56(46)49-29-11-13-33-53(49)62(55)45-27-15-23-42(37-45)47-31-17-34-54-57(47)48-28-10-12-32-52(48)61(54)44-25-8-3-9-26-44/h1-38H. The van der Waals surface area contributed by atoms with Gasteiger partial charge in [-0.1, -0.05) is 170 Å². The van der Waals surface area contributed by atoms with Gasteiger partial charge in [0, 0.05) is 49.6 Å². The van der Waals surface area contributed by atoms with Crippen LogP contribution in [-0.2, 0) is 0 Å². The number of nitrogens with zero attached hydrogens (tertiary/aromatic N) is 4. The van der Waals surface area contributed by atoms with Gasteiger partial charge in [-0.25, -0.2) is 9.97 Å². The molecule has 0 fully saturated rings. The topological polar surface area (TPSA) is 35.6 Å². The zero-order valence-electron chi connectivity index (χ0n) is 33.7. The predicted octanol–water partition coefficient (Wildman–Crippen LogP) is 15.0. The average Bonchev–Trinajstić information content (AvgIpc) is 3.88. The van der Waals surface area contributed by atoms with Gasteiger partial charge in [0.15, 0.2) is 5.82 Å². The molecule has 4 heteroatoms. The van der Waals surface area contributed by atoms with E-state index in [1.54, 1.807) is 0 Å². The maximum Gasteiger partial charge on any atom is 0.160 e. The summed E-state index contributed by atoms with van der Waals surface area (Å²) in [5.41, 5.74) is 16.5. The van der Waals surface area contributed by atoms with Crippen molar-refractivity contribution >= 4 is 43.6 Å². The van der Waals surface area contributed by atoms with Crippen LogP contribution in [0.1, 0.15) is 0 Å². The molecule has 3 aromatic heterocycles. The van der Waals surface area contributed by atoms with Crippen LogP contribution in [0.2, 0.25) is 0 Å². The minimum absolute atomic E-state index is 0.706. The Morgan fingerprint density at radius 3 is 1.32 bits per heavy atom. The second-order valence-electron chi connectivity index (χ2n) is 15.8. The zero-order chi connectivity index (χ0) is 41.0. The van der Waals surface area contributed by atoms with Crippen LogP contribution in [-0.4, -0.2) is 19.1 Å². The van der Waals surface area contributed by atoms with Crippen molar-refractivity contribution < 1.29 is 0 Å². The van der Waals surface area contributed by atoms with E-state index in [4.69, 9.17) is 9.97 Å². The lowest BCUT2D eigenvalue weighted by Gasteiger charge is -2.13. The second-order valence-corrected chi connectivity index (χ2v) is 15.8. The quantitative estimate of drug-likeness (QED) is 0.161. The SMILES string of the molecule is c1ccc(-c2cc(-c3cccc(-c4cccc5c4c4ccccc4n5-c4cccc(-c5cccc6c5c5ccccc5n6-c5ccccc5)c4)c3)nc(-c3ccccc3)n2)cc1. The number of benzene rings is 9. The highest BCUT2D eigenvalue weighted by atomic mass is 15.0. The Labute approximate surface area is 359 Å². The van der Waals surface area contributed by atoms with E-state index in [-0.39, 0.29) is 0 Å². The lowest BCUT2D eigenvalue weighted by molar-refractivity contribution is 1.18. The summed E-state index contributed by atoms with van der Waals surface area (Å²) in [5.74, 6) is 0.706. The van der Waals surface area contributed by atoms with Gasteiger partial charge >= 0.3 is 0 Å². The average molecular weight is 791 g/mol. The molecular formula is C58H38N4. The molecule has 9 aromatic carbocycles. The van der Waals surface area contributed by atoms with Crippen LogP contribution < -0.4 is 0 Å². The molecule has 4 nitrogen and oxygen atoms in total. The molecule has 0 saturated carbocycles. The number of para-hydroxylation sites is 3. The van der Waals surface area contributed by atoms with E-state index in [1.165, 1.54) is 49.3 Å². The molecule has 0 spiro atoms. The molecule has 0 aliphatic heterocycles. The van der Waals surface area contributed by atoms with E-state index in [0.717, 1.165) is 56.0 Å². The molecule has 0 atom stereocenters. The molecule has 0 N–H and O–H groups in total. The smallest absolute Gasteiger partial charge is 0.160 e. The van der Waals surface area contributed by atoms with E-state index in [2.05, 4.69) is 215 Å². The molecule has 0 aliphatic rings. The second kappa shape index (κ2) is 14.7. The van der Waals surface area contributed by atoms with Gasteiger partial charge in [0.2, 0.25) is 0 Å². The summed E-state index contributed by atoms with van der Waals surface area (Å²) >= 11 is 0. The first-order chi connectivity index (χ1) is 30.8. The van der Waals surface area contributed by atoms with Gasteiger partial charge in [-0.05, 0) is 82.9 Å². The minimum atomic E-state index is 0.706. The molecular weight excluding hydrogens is 753 g/mol. The van der Waals surface area contributed by atoms with Gasteiger partial charge in [0.25, 0.3) is 0 Å². The molecule has 0 amide bonds. The largest absolute Gasteiger partial charge is 0.309 e. The predicted molar refractivity (Wildman–Crippen MR) is 258 cm³/mol. The monoisotopic (exact) mass is 790 g/mol. The molecule has 0 aliphatic carbocycles. The van der Waals surface area contributed by atoms with Crippen LogP contribution in [0.3, 0.4) is 0 Å². The van der Waals surface area contributed by atoms with Gasteiger partial charge in [-0.3, -0.25) is 0 Å². The summed E-state index contributed by atoms with van der Waals surface area (Å²) in [7, 11) is 0. The number of hydrogen-bond acceptors (Lipinski definition) is 2. The Hall–Kier alpha value is -8.34. The number of hydrogen-bond donors (Lipinski definition) is 0. The summed E-state index contributed by atoms with van der Waals surface area (Å²) in [6.45, 7) is 0. The van der Waals surface area contributed by atoms with E-state index in [0.29, 0.717) is 5.82 Å². The Morgan fingerprint density at radius 1 is 0.274 bits per heavy atom. The molecule has 0 radical (unpaired) electrons. The van der Waals surface area contributed by atoms with Crippen LogP contribution in [0.4, 0.5) is 0 Å². The molecule has 62 heavy (non-hydrogen) atoms. The highest BCUT2D eigenvalue weighted by molar-refractivity contribution is 6.17. The minimum Gasteiger partial charge on any atom is -0.309 e. The molecule has 0 bridgehead atoms. The van der Waals surface area contributed by atoms with Crippen LogP contribution in [0.15, 0.2) is 231 Å². The number of rotatable bonds is 7.